The van der Waals surface area contributed by atoms with Gasteiger partial charge in [0, 0.05) is 5.02 Å². The summed E-state index contributed by atoms with van der Waals surface area (Å²) < 4.78 is 5.53. The first kappa shape index (κ1) is 23.3. The Morgan fingerprint density at radius 3 is 2.44 bits per heavy atom. The molecule has 0 heterocycles. The highest BCUT2D eigenvalue weighted by Crippen LogP contribution is 2.20. The lowest BCUT2D eigenvalue weighted by molar-refractivity contribution is -0.123. The topological polar surface area (TPSA) is 79.8 Å². The number of hydrogen-bond donors (Lipinski definition) is 2. The summed E-state index contributed by atoms with van der Waals surface area (Å²) in [5.74, 6) is -0.115. The van der Waals surface area contributed by atoms with E-state index in [-0.39, 0.29) is 29.1 Å². The number of amides is 2. The summed E-state index contributed by atoms with van der Waals surface area (Å²) >= 11 is 11.8. The van der Waals surface area contributed by atoms with Crippen molar-refractivity contribution in [2.45, 2.75) is 13.0 Å². The van der Waals surface area contributed by atoms with E-state index in [9.17, 15) is 9.59 Å². The van der Waals surface area contributed by atoms with Gasteiger partial charge in [-0.2, -0.15) is 5.10 Å². The standard InChI is InChI=1S/C24H21Cl2N3O3/c1-16(18-5-3-2-4-6-18)28-23(30)15-32-20-10-7-17(8-11-20)14-27-29-24(31)21-12-9-19(25)13-22(21)26/h2-14,16H,15H2,1H3,(H,28,30)(H,29,31)/b27-14+/t16-/m0/s1. The smallest absolute Gasteiger partial charge is 0.272 e. The minimum absolute atomic E-state index is 0.0947. The molecule has 6 nitrogen and oxygen atoms in total. The van der Waals surface area contributed by atoms with Crippen molar-refractivity contribution in [3.05, 3.63) is 99.5 Å². The number of nitrogens with zero attached hydrogens (tertiary/aromatic N) is 1. The molecule has 32 heavy (non-hydrogen) atoms. The molecule has 0 fully saturated rings. The minimum Gasteiger partial charge on any atom is -0.484 e. The van der Waals surface area contributed by atoms with Gasteiger partial charge in [-0.25, -0.2) is 5.43 Å². The highest BCUT2D eigenvalue weighted by atomic mass is 35.5. The van der Waals surface area contributed by atoms with Crippen LogP contribution in [0.15, 0.2) is 77.9 Å². The van der Waals surface area contributed by atoms with E-state index in [2.05, 4.69) is 15.8 Å². The van der Waals surface area contributed by atoms with Crippen molar-refractivity contribution >= 4 is 41.2 Å². The fourth-order valence-electron chi connectivity index (χ4n) is 2.81. The highest BCUT2D eigenvalue weighted by Gasteiger charge is 2.10. The lowest BCUT2D eigenvalue weighted by atomic mass is 10.1. The molecular weight excluding hydrogens is 449 g/mol. The molecule has 0 saturated heterocycles. The number of nitrogens with one attached hydrogen (secondary N) is 2. The molecule has 0 aliphatic rings. The van der Waals surface area contributed by atoms with Gasteiger partial charge in [0.2, 0.25) is 0 Å². The van der Waals surface area contributed by atoms with Crippen LogP contribution in [0.5, 0.6) is 5.75 Å². The van der Waals surface area contributed by atoms with E-state index in [0.717, 1.165) is 11.1 Å². The van der Waals surface area contributed by atoms with Crippen molar-refractivity contribution < 1.29 is 14.3 Å². The third-order valence-corrected chi connectivity index (χ3v) is 5.03. The molecule has 0 aliphatic heterocycles. The fourth-order valence-corrected chi connectivity index (χ4v) is 3.30. The van der Waals surface area contributed by atoms with Gasteiger partial charge in [-0.05, 0) is 60.5 Å². The monoisotopic (exact) mass is 469 g/mol. The SMILES string of the molecule is C[C@H](NC(=O)COc1ccc(/C=N/NC(=O)c2ccc(Cl)cc2Cl)cc1)c1ccccc1. The van der Waals surface area contributed by atoms with Gasteiger partial charge >= 0.3 is 0 Å². The molecule has 0 spiro atoms. The average molecular weight is 470 g/mol. The second-order valence-corrected chi connectivity index (χ2v) is 7.72. The van der Waals surface area contributed by atoms with Gasteiger partial charge in [-0.3, -0.25) is 9.59 Å². The van der Waals surface area contributed by atoms with Crippen LogP contribution in [0, 0.1) is 0 Å². The number of hydrazone groups is 1. The Kier molecular flexibility index (Phi) is 8.25. The Bertz CT molecular complexity index is 1100. The summed E-state index contributed by atoms with van der Waals surface area (Å²) in [7, 11) is 0. The van der Waals surface area contributed by atoms with Crippen molar-refractivity contribution in [1.82, 2.24) is 10.7 Å². The number of ether oxygens (including phenoxy) is 1. The Morgan fingerprint density at radius 1 is 1.03 bits per heavy atom. The predicted octanol–water partition coefficient (Wildman–Crippen LogP) is 5.01. The van der Waals surface area contributed by atoms with Gasteiger partial charge in [0.1, 0.15) is 5.75 Å². The molecule has 0 aromatic heterocycles. The van der Waals surface area contributed by atoms with Gasteiger partial charge in [-0.1, -0.05) is 53.5 Å². The molecule has 3 rings (SSSR count). The van der Waals surface area contributed by atoms with E-state index >= 15 is 0 Å². The van der Waals surface area contributed by atoms with Crippen LogP contribution < -0.4 is 15.5 Å². The second kappa shape index (κ2) is 11.3. The summed E-state index contributed by atoms with van der Waals surface area (Å²) in [6.07, 6.45) is 1.49. The molecule has 0 aliphatic carbocycles. The third-order valence-electron chi connectivity index (χ3n) is 4.48. The molecule has 0 bridgehead atoms. The number of hydrogen-bond acceptors (Lipinski definition) is 4. The molecule has 3 aromatic rings. The van der Waals surface area contributed by atoms with Crippen molar-refractivity contribution in [3.63, 3.8) is 0 Å². The molecule has 8 heteroatoms. The van der Waals surface area contributed by atoms with Crippen molar-refractivity contribution in [2.75, 3.05) is 6.61 Å². The van der Waals surface area contributed by atoms with Crippen LogP contribution >= 0.6 is 23.2 Å². The quantitative estimate of drug-likeness (QED) is 0.359. The molecule has 3 aromatic carbocycles. The van der Waals surface area contributed by atoms with Crippen LogP contribution in [-0.2, 0) is 4.79 Å². The van der Waals surface area contributed by atoms with Gasteiger partial charge < -0.3 is 10.1 Å². The van der Waals surface area contributed by atoms with E-state index in [1.807, 2.05) is 37.3 Å². The predicted molar refractivity (Wildman–Crippen MR) is 126 cm³/mol. The number of carbonyl (C=O) groups is 2. The van der Waals surface area contributed by atoms with Crippen LogP contribution in [0.25, 0.3) is 0 Å². The Labute approximate surface area is 196 Å². The lowest BCUT2D eigenvalue weighted by Crippen LogP contribution is -2.31. The molecule has 0 saturated carbocycles. The van der Waals surface area contributed by atoms with Crippen molar-refractivity contribution in [1.29, 1.82) is 0 Å². The first-order chi connectivity index (χ1) is 15.4. The van der Waals surface area contributed by atoms with Crippen LogP contribution in [0.2, 0.25) is 10.0 Å². The Balaban J connectivity index is 1.46. The molecular formula is C24H21Cl2N3O3. The third kappa shape index (κ3) is 6.83. The summed E-state index contributed by atoms with van der Waals surface area (Å²) in [6, 6.07) is 21.1. The molecule has 1 atom stereocenters. The molecule has 164 valence electrons. The molecule has 2 N–H and O–H groups in total. The van der Waals surface area contributed by atoms with Crippen LogP contribution in [-0.4, -0.2) is 24.6 Å². The van der Waals surface area contributed by atoms with Crippen LogP contribution in [0.3, 0.4) is 0 Å². The Morgan fingerprint density at radius 2 is 1.75 bits per heavy atom. The van der Waals surface area contributed by atoms with E-state index in [0.29, 0.717) is 10.8 Å². The molecule has 2 amide bonds. The number of rotatable bonds is 8. The lowest BCUT2D eigenvalue weighted by Gasteiger charge is -2.14. The molecule has 0 unspecified atom stereocenters. The first-order valence-corrected chi connectivity index (χ1v) is 10.5. The fraction of sp³-hybridized carbons (Fsp3) is 0.125. The van der Waals surface area contributed by atoms with Crippen molar-refractivity contribution in [2.24, 2.45) is 5.10 Å². The number of benzene rings is 3. The summed E-state index contributed by atoms with van der Waals surface area (Å²) in [4.78, 5) is 24.2. The maximum Gasteiger partial charge on any atom is 0.272 e. The van der Waals surface area contributed by atoms with Crippen molar-refractivity contribution in [3.8, 4) is 5.75 Å². The highest BCUT2D eigenvalue weighted by molar-refractivity contribution is 6.36. The maximum atomic E-state index is 12.1. The van der Waals surface area contributed by atoms with E-state index in [1.54, 1.807) is 30.3 Å². The Hall–Kier alpha value is -3.35. The molecule has 0 radical (unpaired) electrons. The first-order valence-electron chi connectivity index (χ1n) is 9.78. The van der Waals surface area contributed by atoms with Crippen LogP contribution in [0.1, 0.15) is 34.5 Å². The minimum atomic E-state index is -0.446. The van der Waals surface area contributed by atoms with Gasteiger partial charge in [-0.15, -0.1) is 0 Å². The zero-order chi connectivity index (χ0) is 22.9. The van der Waals surface area contributed by atoms with E-state index in [1.165, 1.54) is 18.3 Å². The number of carbonyl (C=O) groups excluding carboxylic acids is 2. The average Bonchev–Trinajstić information content (AvgIpc) is 2.79. The zero-order valence-electron chi connectivity index (χ0n) is 17.2. The summed E-state index contributed by atoms with van der Waals surface area (Å²) in [6.45, 7) is 1.82. The van der Waals surface area contributed by atoms with Crippen LogP contribution in [0.4, 0.5) is 0 Å². The second-order valence-electron chi connectivity index (χ2n) is 6.88. The van der Waals surface area contributed by atoms with Gasteiger partial charge in [0.15, 0.2) is 6.61 Å². The summed E-state index contributed by atoms with van der Waals surface area (Å²) in [5, 5.41) is 7.51. The summed E-state index contributed by atoms with van der Waals surface area (Å²) in [5.41, 5.74) is 4.45. The zero-order valence-corrected chi connectivity index (χ0v) is 18.7. The van der Waals surface area contributed by atoms with E-state index in [4.69, 9.17) is 27.9 Å². The van der Waals surface area contributed by atoms with E-state index < -0.39 is 5.91 Å². The normalized spacial score (nSPS) is 11.7. The number of halogens is 2. The van der Waals surface area contributed by atoms with Gasteiger partial charge in [0.25, 0.3) is 11.8 Å². The maximum absolute atomic E-state index is 12.1. The van der Waals surface area contributed by atoms with Gasteiger partial charge in [0.05, 0.1) is 22.8 Å². The largest absolute Gasteiger partial charge is 0.484 e.